The van der Waals surface area contributed by atoms with Gasteiger partial charge in [0.1, 0.15) is 5.69 Å². The van der Waals surface area contributed by atoms with Gasteiger partial charge in [0, 0.05) is 11.6 Å². The van der Waals surface area contributed by atoms with Crippen molar-refractivity contribution >= 4 is 5.57 Å². The lowest BCUT2D eigenvalue weighted by Gasteiger charge is -2.18. The highest BCUT2D eigenvalue weighted by molar-refractivity contribution is 5.66. The first-order chi connectivity index (χ1) is 7.52. The van der Waals surface area contributed by atoms with Crippen molar-refractivity contribution in [2.45, 2.75) is 45.6 Å². The van der Waals surface area contributed by atoms with Crippen molar-refractivity contribution in [1.82, 2.24) is 9.78 Å². The SMILES string of the molecule is C=C1CCCc2c(C(F)F)nn(C(C)C)c21. The molecule has 0 fully saturated rings. The number of alkyl halides is 2. The Morgan fingerprint density at radius 3 is 2.56 bits per heavy atom. The molecule has 2 rings (SSSR count). The van der Waals surface area contributed by atoms with Gasteiger partial charge in [0.05, 0.1) is 5.69 Å². The summed E-state index contributed by atoms with van der Waals surface area (Å²) < 4.78 is 27.4. The summed E-state index contributed by atoms with van der Waals surface area (Å²) in [5.41, 5.74) is 2.44. The van der Waals surface area contributed by atoms with Crippen LogP contribution in [0, 0.1) is 0 Å². The standard InChI is InChI=1S/C12H16F2N2/c1-7(2)16-11-8(3)5-4-6-9(11)10(15-16)12(13)14/h7,12H,3-6H2,1-2H3. The molecule has 0 atom stereocenters. The maximum absolute atomic E-state index is 12.9. The molecule has 0 bridgehead atoms. The number of hydrogen-bond donors (Lipinski definition) is 0. The maximum Gasteiger partial charge on any atom is 0.282 e. The van der Waals surface area contributed by atoms with Crippen molar-refractivity contribution in [2.75, 3.05) is 0 Å². The van der Waals surface area contributed by atoms with Crippen LogP contribution < -0.4 is 0 Å². The molecule has 0 amide bonds. The predicted octanol–water partition coefficient (Wildman–Crippen LogP) is 3.75. The number of fused-ring (bicyclic) bond motifs is 1. The van der Waals surface area contributed by atoms with Crippen LogP contribution >= 0.6 is 0 Å². The zero-order valence-corrected chi connectivity index (χ0v) is 9.63. The second-order valence-corrected chi connectivity index (χ2v) is 4.51. The van der Waals surface area contributed by atoms with E-state index in [4.69, 9.17) is 0 Å². The van der Waals surface area contributed by atoms with Crippen LogP contribution in [0.15, 0.2) is 6.58 Å². The van der Waals surface area contributed by atoms with E-state index in [0.29, 0.717) is 12.0 Å². The minimum absolute atomic E-state index is 0.0513. The van der Waals surface area contributed by atoms with Crippen LogP contribution in [-0.4, -0.2) is 9.78 Å². The van der Waals surface area contributed by atoms with E-state index in [1.807, 2.05) is 13.8 Å². The Morgan fingerprint density at radius 2 is 2.00 bits per heavy atom. The highest BCUT2D eigenvalue weighted by Crippen LogP contribution is 2.36. The van der Waals surface area contributed by atoms with E-state index in [1.54, 1.807) is 4.68 Å². The zero-order valence-electron chi connectivity index (χ0n) is 9.63. The molecule has 1 aliphatic rings. The third kappa shape index (κ3) is 1.66. The van der Waals surface area contributed by atoms with Crippen LogP contribution in [0.5, 0.6) is 0 Å². The number of aromatic nitrogens is 2. The van der Waals surface area contributed by atoms with Gasteiger partial charge in [-0.05, 0) is 38.7 Å². The van der Waals surface area contributed by atoms with Gasteiger partial charge in [-0.25, -0.2) is 8.78 Å². The van der Waals surface area contributed by atoms with Gasteiger partial charge in [0.25, 0.3) is 6.43 Å². The van der Waals surface area contributed by atoms with E-state index in [1.165, 1.54) is 0 Å². The Morgan fingerprint density at radius 1 is 1.31 bits per heavy atom. The third-order valence-electron chi connectivity index (χ3n) is 2.98. The first kappa shape index (κ1) is 11.3. The average molecular weight is 226 g/mol. The molecular formula is C12H16F2N2. The van der Waals surface area contributed by atoms with E-state index in [2.05, 4.69) is 11.7 Å². The lowest BCUT2D eigenvalue weighted by atomic mass is 9.92. The van der Waals surface area contributed by atoms with Crippen molar-refractivity contribution in [3.8, 4) is 0 Å². The highest BCUT2D eigenvalue weighted by Gasteiger charge is 2.28. The van der Waals surface area contributed by atoms with Crippen LogP contribution in [0.3, 0.4) is 0 Å². The van der Waals surface area contributed by atoms with Crippen LogP contribution in [0.2, 0.25) is 0 Å². The fraction of sp³-hybridized carbons (Fsp3) is 0.583. The topological polar surface area (TPSA) is 17.8 Å². The fourth-order valence-electron chi connectivity index (χ4n) is 2.25. The lowest BCUT2D eigenvalue weighted by molar-refractivity contribution is 0.143. The van der Waals surface area contributed by atoms with Gasteiger partial charge in [-0.3, -0.25) is 4.68 Å². The second kappa shape index (κ2) is 4.00. The van der Waals surface area contributed by atoms with Gasteiger partial charge >= 0.3 is 0 Å². The Hall–Kier alpha value is -1.19. The van der Waals surface area contributed by atoms with Gasteiger partial charge in [0.15, 0.2) is 0 Å². The van der Waals surface area contributed by atoms with Gasteiger partial charge in [-0.2, -0.15) is 5.10 Å². The Bertz CT molecular complexity index is 419. The Labute approximate surface area is 94.0 Å². The predicted molar refractivity (Wildman–Crippen MR) is 59.5 cm³/mol. The molecule has 0 spiro atoms. The summed E-state index contributed by atoms with van der Waals surface area (Å²) in [6.07, 6.45) is -0.0101. The molecule has 16 heavy (non-hydrogen) atoms. The fourth-order valence-corrected chi connectivity index (χ4v) is 2.25. The van der Waals surface area contributed by atoms with Crippen molar-refractivity contribution in [3.05, 3.63) is 23.5 Å². The van der Waals surface area contributed by atoms with Crippen LogP contribution in [-0.2, 0) is 6.42 Å². The number of nitrogens with zero attached hydrogens (tertiary/aromatic N) is 2. The molecule has 88 valence electrons. The van der Waals surface area contributed by atoms with Crippen molar-refractivity contribution in [1.29, 1.82) is 0 Å². The minimum atomic E-state index is -2.49. The minimum Gasteiger partial charge on any atom is -0.262 e. The molecule has 1 aromatic rings. The molecule has 0 radical (unpaired) electrons. The summed E-state index contributed by atoms with van der Waals surface area (Å²) in [4.78, 5) is 0. The number of allylic oxidation sites excluding steroid dienone is 1. The molecule has 0 unspecified atom stereocenters. The van der Waals surface area contributed by atoms with E-state index in [-0.39, 0.29) is 11.7 Å². The molecule has 2 nitrogen and oxygen atoms in total. The third-order valence-corrected chi connectivity index (χ3v) is 2.98. The smallest absolute Gasteiger partial charge is 0.262 e. The zero-order chi connectivity index (χ0) is 11.9. The summed E-state index contributed by atoms with van der Waals surface area (Å²) in [5, 5.41) is 4.05. The monoisotopic (exact) mass is 226 g/mol. The molecule has 1 aliphatic carbocycles. The molecule has 0 saturated heterocycles. The molecular weight excluding hydrogens is 210 g/mol. The molecule has 4 heteroatoms. The molecule has 0 N–H and O–H groups in total. The number of halogens is 2. The summed E-state index contributed by atoms with van der Waals surface area (Å²) in [7, 11) is 0. The van der Waals surface area contributed by atoms with Gasteiger partial charge in [0.2, 0.25) is 0 Å². The summed E-state index contributed by atoms with van der Waals surface area (Å²) >= 11 is 0. The molecule has 1 aromatic heterocycles. The van der Waals surface area contributed by atoms with E-state index in [9.17, 15) is 8.78 Å². The Balaban J connectivity index is 2.60. The highest BCUT2D eigenvalue weighted by atomic mass is 19.3. The van der Waals surface area contributed by atoms with Crippen LogP contribution in [0.4, 0.5) is 8.78 Å². The van der Waals surface area contributed by atoms with E-state index < -0.39 is 6.43 Å². The second-order valence-electron chi connectivity index (χ2n) is 4.51. The van der Waals surface area contributed by atoms with Crippen LogP contribution in [0.1, 0.15) is 56.1 Å². The normalized spacial score (nSPS) is 16.0. The summed E-state index contributed by atoms with van der Waals surface area (Å²) in [6.45, 7) is 7.86. The average Bonchev–Trinajstić information content (AvgIpc) is 2.58. The van der Waals surface area contributed by atoms with Crippen molar-refractivity contribution in [3.63, 3.8) is 0 Å². The molecule has 1 heterocycles. The first-order valence-corrected chi connectivity index (χ1v) is 5.60. The molecule has 0 saturated carbocycles. The van der Waals surface area contributed by atoms with Crippen molar-refractivity contribution in [2.24, 2.45) is 0 Å². The van der Waals surface area contributed by atoms with E-state index >= 15 is 0 Å². The Kier molecular flexibility index (Phi) is 2.82. The maximum atomic E-state index is 12.9. The van der Waals surface area contributed by atoms with E-state index in [0.717, 1.165) is 24.1 Å². The number of rotatable bonds is 2. The summed E-state index contributed by atoms with van der Waals surface area (Å²) in [5.74, 6) is 0. The quantitative estimate of drug-likeness (QED) is 0.751. The summed E-state index contributed by atoms with van der Waals surface area (Å²) in [6, 6.07) is 0.0936. The van der Waals surface area contributed by atoms with Gasteiger partial charge in [-0.1, -0.05) is 6.58 Å². The van der Waals surface area contributed by atoms with Gasteiger partial charge in [-0.15, -0.1) is 0 Å². The molecule has 0 aromatic carbocycles. The first-order valence-electron chi connectivity index (χ1n) is 5.60. The number of hydrogen-bond acceptors (Lipinski definition) is 1. The molecule has 0 aliphatic heterocycles. The van der Waals surface area contributed by atoms with Gasteiger partial charge < -0.3 is 0 Å². The van der Waals surface area contributed by atoms with Crippen LogP contribution in [0.25, 0.3) is 5.57 Å². The lowest BCUT2D eigenvalue weighted by Crippen LogP contribution is -2.10. The van der Waals surface area contributed by atoms with Crippen molar-refractivity contribution < 1.29 is 8.78 Å². The largest absolute Gasteiger partial charge is 0.282 e.